The summed E-state index contributed by atoms with van der Waals surface area (Å²) in [6.07, 6.45) is -3.64. The smallest absolute Gasteiger partial charge is 0.249 e. The van der Waals surface area contributed by atoms with E-state index in [0.29, 0.717) is 16.3 Å². The minimum Gasteiger partial charge on any atom is -0.249 e. The standard InChI is InChI=1S/C14H8F4N2S/c15-12-3-1-9(5-10(12)6-19)8-21-13-4-2-11(7-20-13)14(16,17)18/h1-5,7H,8H2. The first-order valence-corrected chi connectivity index (χ1v) is 6.73. The summed E-state index contributed by atoms with van der Waals surface area (Å²) in [5.41, 5.74) is -0.173. The van der Waals surface area contributed by atoms with E-state index in [4.69, 9.17) is 5.26 Å². The second kappa shape index (κ2) is 6.14. The molecule has 0 atom stereocenters. The molecule has 2 rings (SSSR count). The summed E-state index contributed by atoms with van der Waals surface area (Å²) in [6, 6.07) is 8.09. The summed E-state index contributed by atoms with van der Waals surface area (Å²) in [4.78, 5) is 3.72. The molecule has 0 saturated heterocycles. The molecule has 0 aliphatic rings. The molecule has 2 aromatic rings. The van der Waals surface area contributed by atoms with Gasteiger partial charge in [-0.3, -0.25) is 0 Å². The quantitative estimate of drug-likeness (QED) is 0.622. The molecular formula is C14H8F4N2S. The SMILES string of the molecule is N#Cc1cc(CSc2ccc(C(F)(F)F)cn2)ccc1F. The lowest BCUT2D eigenvalue weighted by Gasteiger charge is -2.07. The van der Waals surface area contributed by atoms with Crippen molar-refractivity contribution in [3.8, 4) is 6.07 Å². The monoisotopic (exact) mass is 312 g/mol. The molecule has 0 aliphatic carbocycles. The molecule has 1 aromatic heterocycles. The van der Waals surface area contributed by atoms with Gasteiger partial charge in [0.25, 0.3) is 0 Å². The topological polar surface area (TPSA) is 36.7 Å². The van der Waals surface area contributed by atoms with Gasteiger partial charge < -0.3 is 0 Å². The highest BCUT2D eigenvalue weighted by Gasteiger charge is 2.30. The number of nitriles is 1. The van der Waals surface area contributed by atoms with E-state index >= 15 is 0 Å². The lowest BCUT2D eigenvalue weighted by atomic mass is 10.1. The maximum Gasteiger partial charge on any atom is 0.417 e. The van der Waals surface area contributed by atoms with Gasteiger partial charge in [-0.05, 0) is 29.8 Å². The van der Waals surface area contributed by atoms with Crippen molar-refractivity contribution in [2.24, 2.45) is 0 Å². The van der Waals surface area contributed by atoms with Crippen LogP contribution in [-0.4, -0.2) is 4.98 Å². The molecule has 1 aromatic carbocycles. The molecule has 0 aliphatic heterocycles. The Bertz CT molecular complexity index is 675. The Morgan fingerprint density at radius 1 is 1.19 bits per heavy atom. The molecule has 0 unspecified atom stereocenters. The van der Waals surface area contributed by atoms with Crippen LogP contribution in [0.1, 0.15) is 16.7 Å². The van der Waals surface area contributed by atoms with E-state index in [-0.39, 0.29) is 5.56 Å². The number of halogens is 4. The lowest BCUT2D eigenvalue weighted by Crippen LogP contribution is -2.05. The van der Waals surface area contributed by atoms with Crippen molar-refractivity contribution in [1.82, 2.24) is 4.98 Å². The molecular weight excluding hydrogens is 304 g/mol. The predicted molar refractivity (Wildman–Crippen MR) is 69.9 cm³/mol. The Hall–Kier alpha value is -2.07. The molecule has 0 N–H and O–H groups in total. The van der Waals surface area contributed by atoms with Gasteiger partial charge in [-0.2, -0.15) is 18.4 Å². The lowest BCUT2D eigenvalue weighted by molar-refractivity contribution is -0.137. The van der Waals surface area contributed by atoms with Crippen LogP contribution in [-0.2, 0) is 11.9 Å². The van der Waals surface area contributed by atoms with Crippen molar-refractivity contribution >= 4 is 11.8 Å². The normalized spacial score (nSPS) is 11.2. The summed E-state index contributed by atoms with van der Waals surface area (Å²) in [7, 11) is 0. The van der Waals surface area contributed by atoms with Crippen LogP contribution in [0.4, 0.5) is 17.6 Å². The average Bonchev–Trinajstić information content (AvgIpc) is 2.46. The number of pyridine rings is 1. The third kappa shape index (κ3) is 3.95. The van der Waals surface area contributed by atoms with Crippen molar-refractivity contribution < 1.29 is 17.6 Å². The Kier molecular flexibility index (Phi) is 4.48. The summed E-state index contributed by atoms with van der Waals surface area (Å²) < 4.78 is 50.3. The number of hydrogen-bond acceptors (Lipinski definition) is 3. The Morgan fingerprint density at radius 2 is 1.95 bits per heavy atom. The number of aromatic nitrogens is 1. The van der Waals surface area contributed by atoms with E-state index in [0.717, 1.165) is 12.3 Å². The molecule has 0 fully saturated rings. The highest BCUT2D eigenvalue weighted by Crippen LogP contribution is 2.30. The number of hydrogen-bond donors (Lipinski definition) is 0. The molecule has 0 bridgehead atoms. The van der Waals surface area contributed by atoms with E-state index in [1.807, 2.05) is 0 Å². The van der Waals surface area contributed by atoms with Gasteiger partial charge in [0.1, 0.15) is 11.9 Å². The number of nitrogens with zero attached hydrogens (tertiary/aromatic N) is 2. The van der Waals surface area contributed by atoms with Gasteiger partial charge >= 0.3 is 6.18 Å². The molecule has 0 radical (unpaired) electrons. The summed E-state index contributed by atoms with van der Waals surface area (Å²) >= 11 is 1.21. The largest absolute Gasteiger partial charge is 0.417 e. The van der Waals surface area contributed by atoms with Crippen LogP contribution in [0, 0.1) is 17.1 Å². The zero-order valence-corrected chi connectivity index (χ0v) is 11.3. The van der Waals surface area contributed by atoms with E-state index in [9.17, 15) is 17.6 Å². The first-order valence-electron chi connectivity index (χ1n) is 5.75. The minimum atomic E-state index is -4.41. The van der Waals surface area contributed by atoms with Gasteiger partial charge in [-0.15, -0.1) is 11.8 Å². The maximum atomic E-state index is 13.1. The van der Waals surface area contributed by atoms with Crippen molar-refractivity contribution in [3.05, 3.63) is 59.0 Å². The predicted octanol–water partition coefficient (Wildman–Crippen LogP) is 4.40. The number of rotatable bonds is 3. The molecule has 0 spiro atoms. The maximum absolute atomic E-state index is 13.1. The summed E-state index contributed by atoms with van der Waals surface area (Å²) in [5.74, 6) is -0.216. The van der Waals surface area contributed by atoms with Crippen LogP contribution >= 0.6 is 11.8 Å². The van der Waals surface area contributed by atoms with Crippen LogP contribution in [0.15, 0.2) is 41.6 Å². The zero-order valence-electron chi connectivity index (χ0n) is 10.5. The zero-order chi connectivity index (χ0) is 15.5. The fraction of sp³-hybridized carbons (Fsp3) is 0.143. The number of thioether (sulfide) groups is 1. The van der Waals surface area contributed by atoms with Crippen LogP contribution in [0.25, 0.3) is 0 Å². The Balaban J connectivity index is 2.05. The molecule has 7 heteroatoms. The molecule has 0 amide bonds. The molecule has 0 saturated carbocycles. The highest BCUT2D eigenvalue weighted by molar-refractivity contribution is 7.98. The van der Waals surface area contributed by atoms with Gasteiger partial charge in [-0.25, -0.2) is 9.37 Å². The van der Waals surface area contributed by atoms with Crippen molar-refractivity contribution in [3.63, 3.8) is 0 Å². The Morgan fingerprint density at radius 3 is 2.52 bits per heavy atom. The van der Waals surface area contributed by atoms with Crippen molar-refractivity contribution in [1.29, 1.82) is 5.26 Å². The molecule has 2 nitrogen and oxygen atoms in total. The fourth-order valence-electron chi connectivity index (χ4n) is 1.54. The van der Waals surface area contributed by atoms with Crippen LogP contribution in [0.5, 0.6) is 0 Å². The van der Waals surface area contributed by atoms with Gasteiger partial charge in [0.15, 0.2) is 0 Å². The number of benzene rings is 1. The van der Waals surface area contributed by atoms with Crippen LogP contribution in [0.3, 0.4) is 0 Å². The highest BCUT2D eigenvalue weighted by atomic mass is 32.2. The van der Waals surface area contributed by atoms with E-state index < -0.39 is 17.6 Å². The van der Waals surface area contributed by atoms with Crippen LogP contribution in [0.2, 0.25) is 0 Å². The van der Waals surface area contributed by atoms with Crippen molar-refractivity contribution in [2.75, 3.05) is 0 Å². The molecule has 1 heterocycles. The van der Waals surface area contributed by atoms with E-state index in [2.05, 4.69) is 4.98 Å². The van der Waals surface area contributed by atoms with Gasteiger partial charge in [0, 0.05) is 11.9 Å². The first kappa shape index (κ1) is 15.3. The summed E-state index contributed by atoms with van der Waals surface area (Å²) in [5, 5.41) is 9.14. The average molecular weight is 312 g/mol. The molecule has 21 heavy (non-hydrogen) atoms. The minimum absolute atomic E-state index is 0.0616. The Labute approximate surface area is 122 Å². The third-order valence-corrected chi connectivity index (χ3v) is 3.62. The second-order valence-corrected chi connectivity index (χ2v) is 5.09. The fourth-order valence-corrected chi connectivity index (χ4v) is 2.32. The molecule has 108 valence electrons. The van der Waals surface area contributed by atoms with Gasteiger partial charge in [-0.1, -0.05) is 6.07 Å². The summed E-state index contributed by atoms with van der Waals surface area (Å²) in [6.45, 7) is 0. The van der Waals surface area contributed by atoms with E-state index in [1.54, 1.807) is 6.07 Å². The van der Waals surface area contributed by atoms with Crippen LogP contribution < -0.4 is 0 Å². The van der Waals surface area contributed by atoms with E-state index in [1.165, 1.54) is 36.0 Å². The van der Waals surface area contributed by atoms with Gasteiger partial charge in [0.2, 0.25) is 0 Å². The third-order valence-electron chi connectivity index (χ3n) is 2.60. The number of alkyl halides is 3. The second-order valence-electron chi connectivity index (χ2n) is 4.10. The van der Waals surface area contributed by atoms with Crippen molar-refractivity contribution in [2.45, 2.75) is 17.0 Å². The first-order chi connectivity index (χ1) is 9.90. The van der Waals surface area contributed by atoms with Gasteiger partial charge in [0.05, 0.1) is 16.2 Å².